The van der Waals surface area contributed by atoms with Gasteiger partial charge in [0.25, 0.3) is 0 Å². The maximum Gasteiger partial charge on any atom is 0.136 e. The monoisotopic (exact) mass is 300 g/mol. The highest BCUT2D eigenvalue weighted by Crippen LogP contribution is 2.40. The first-order valence-corrected chi connectivity index (χ1v) is 8.57. The summed E-state index contributed by atoms with van der Waals surface area (Å²) in [6, 6.07) is 7.08. The predicted octanol–water partition coefficient (Wildman–Crippen LogP) is 3.63. The molecule has 0 spiro atoms. The minimum absolute atomic E-state index is 0.583. The van der Waals surface area contributed by atoms with Crippen molar-refractivity contribution < 1.29 is 0 Å². The second-order valence-electron chi connectivity index (χ2n) is 5.93. The van der Waals surface area contributed by atoms with Gasteiger partial charge in [-0.25, -0.2) is 9.97 Å². The Kier molecular flexibility index (Phi) is 3.30. The van der Waals surface area contributed by atoms with E-state index < -0.39 is 0 Å². The minimum Gasteiger partial charge on any atom is -0.373 e. The van der Waals surface area contributed by atoms with E-state index in [0.717, 1.165) is 24.0 Å². The Morgan fingerprint density at radius 2 is 2.14 bits per heavy atom. The number of hydrogen-bond acceptors (Lipinski definition) is 5. The van der Waals surface area contributed by atoms with E-state index in [4.69, 9.17) is 4.98 Å². The standard InChI is InChI=1S/C16H20N4S/c1-17-14-9-15(19-16(18-14)11-4-5-11)20(12-6-7-12)10-13-3-2-8-21-13/h2-3,8-9,11-12H,4-7,10H2,1H3,(H,17,18,19). The largest absolute Gasteiger partial charge is 0.373 e. The van der Waals surface area contributed by atoms with Gasteiger partial charge in [0.15, 0.2) is 0 Å². The fourth-order valence-corrected chi connectivity index (χ4v) is 3.31. The third-order valence-electron chi connectivity index (χ3n) is 4.12. The van der Waals surface area contributed by atoms with Crippen molar-refractivity contribution in [2.45, 2.75) is 44.2 Å². The highest BCUT2D eigenvalue weighted by molar-refractivity contribution is 7.09. The first kappa shape index (κ1) is 13.1. The Morgan fingerprint density at radius 1 is 1.29 bits per heavy atom. The lowest BCUT2D eigenvalue weighted by Crippen LogP contribution is -2.26. The van der Waals surface area contributed by atoms with E-state index in [9.17, 15) is 0 Å². The summed E-state index contributed by atoms with van der Waals surface area (Å²) in [5, 5.41) is 5.34. The van der Waals surface area contributed by atoms with E-state index in [0.29, 0.717) is 12.0 Å². The summed E-state index contributed by atoms with van der Waals surface area (Å²) in [5.74, 6) is 3.64. The molecule has 2 aliphatic carbocycles. The van der Waals surface area contributed by atoms with Crippen LogP contribution < -0.4 is 10.2 Å². The van der Waals surface area contributed by atoms with Crippen LogP contribution in [0.25, 0.3) is 0 Å². The van der Waals surface area contributed by atoms with E-state index in [1.54, 1.807) is 0 Å². The lowest BCUT2D eigenvalue weighted by atomic mass is 10.3. The molecule has 1 N–H and O–H groups in total. The molecule has 0 aromatic carbocycles. The van der Waals surface area contributed by atoms with Crippen LogP contribution in [0.3, 0.4) is 0 Å². The Morgan fingerprint density at radius 3 is 2.76 bits per heavy atom. The van der Waals surface area contributed by atoms with Gasteiger partial charge in [-0.15, -0.1) is 11.3 Å². The van der Waals surface area contributed by atoms with Crippen LogP contribution in [0, 0.1) is 0 Å². The van der Waals surface area contributed by atoms with Gasteiger partial charge >= 0.3 is 0 Å². The van der Waals surface area contributed by atoms with Gasteiger partial charge in [0.1, 0.15) is 17.5 Å². The van der Waals surface area contributed by atoms with Crippen molar-refractivity contribution in [3.63, 3.8) is 0 Å². The highest BCUT2D eigenvalue weighted by Gasteiger charge is 2.32. The van der Waals surface area contributed by atoms with Crippen LogP contribution in [0.5, 0.6) is 0 Å². The normalized spacial score (nSPS) is 17.8. The van der Waals surface area contributed by atoms with E-state index >= 15 is 0 Å². The summed E-state index contributed by atoms with van der Waals surface area (Å²) in [5.41, 5.74) is 0. The van der Waals surface area contributed by atoms with Crippen LogP contribution in [0.2, 0.25) is 0 Å². The second kappa shape index (κ2) is 5.30. The van der Waals surface area contributed by atoms with Gasteiger partial charge < -0.3 is 10.2 Å². The molecule has 0 saturated heterocycles. The summed E-state index contributed by atoms with van der Waals surface area (Å²) in [6.45, 7) is 0.965. The number of nitrogens with zero attached hydrogens (tertiary/aromatic N) is 3. The van der Waals surface area contributed by atoms with Crippen LogP contribution in [0.1, 0.15) is 42.3 Å². The van der Waals surface area contributed by atoms with Crippen molar-refractivity contribution in [1.29, 1.82) is 0 Å². The van der Waals surface area contributed by atoms with Crippen molar-refractivity contribution in [2.75, 3.05) is 17.3 Å². The molecule has 21 heavy (non-hydrogen) atoms. The molecule has 4 rings (SSSR count). The Labute approximate surface area is 129 Å². The SMILES string of the molecule is CNc1cc(N(Cc2cccs2)C2CC2)nc(C2CC2)n1. The molecule has 0 atom stereocenters. The highest BCUT2D eigenvalue weighted by atomic mass is 32.1. The van der Waals surface area contributed by atoms with Gasteiger partial charge in [-0.2, -0.15) is 0 Å². The van der Waals surface area contributed by atoms with Crippen LogP contribution in [-0.2, 0) is 6.54 Å². The number of nitrogens with one attached hydrogen (secondary N) is 1. The second-order valence-corrected chi connectivity index (χ2v) is 6.96. The van der Waals surface area contributed by atoms with E-state index in [2.05, 4.69) is 38.8 Å². The van der Waals surface area contributed by atoms with Crippen LogP contribution >= 0.6 is 11.3 Å². The van der Waals surface area contributed by atoms with Crippen molar-refractivity contribution >= 4 is 23.0 Å². The molecule has 2 aromatic rings. The molecular weight excluding hydrogens is 280 g/mol. The zero-order valence-corrected chi connectivity index (χ0v) is 13.1. The summed E-state index contributed by atoms with van der Waals surface area (Å²) in [6.07, 6.45) is 5.04. The molecule has 2 heterocycles. The van der Waals surface area contributed by atoms with Gasteiger partial charge in [-0.1, -0.05) is 6.07 Å². The molecule has 0 aliphatic heterocycles. The average Bonchev–Trinajstić information content (AvgIpc) is 3.43. The van der Waals surface area contributed by atoms with Crippen LogP contribution in [0.15, 0.2) is 23.6 Å². The van der Waals surface area contributed by atoms with Gasteiger partial charge in [-0.3, -0.25) is 0 Å². The predicted molar refractivity (Wildman–Crippen MR) is 87.1 cm³/mol. The number of anilines is 2. The summed E-state index contributed by atoms with van der Waals surface area (Å²) >= 11 is 1.82. The quantitative estimate of drug-likeness (QED) is 0.884. The third kappa shape index (κ3) is 2.88. The third-order valence-corrected chi connectivity index (χ3v) is 4.98. The average molecular weight is 300 g/mol. The molecule has 110 valence electrons. The molecule has 4 nitrogen and oxygen atoms in total. The maximum absolute atomic E-state index is 4.86. The Hall–Kier alpha value is -1.62. The first-order chi connectivity index (χ1) is 10.3. The maximum atomic E-state index is 4.86. The molecule has 2 saturated carbocycles. The molecule has 0 amide bonds. The van der Waals surface area contributed by atoms with Gasteiger partial charge in [0, 0.05) is 30.0 Å². The smallest absolute Gasteiger partial charge is 0.136 e. The zero-order valence-electron chi connectivity index (χ0n) is 12.2. The van der Waals surface area contributed by atoms with Gasteiger partial charge in [0.2, 0.25) is 0 Å². The van der Waals surface area contributed by atoms with E-state index in [-0.39, 0.29) is 0 Å². The lowest BCUT2D eigenvalue weighted by molar-refractivity contribution is 0.772. The zero-order chi connectivity index (χ0) is 14.2. The van der Waals surface area contributed by atoms with Crippen molar-refractivity contribution in [3.05, 3.63) is 34.3 Å². The van der Waals surface area contributed by atoms with Crippen molar-refractivity contribution in [3.8, 4) is 0 Å². The molecular formula is C16H20N4S. The molecule has 2 fully saturated rings. The molecule has 0 bridgehead atoms. The number of aromatic nitrogens is 2. The van der Waals surface area contributed by atoms with E-state index in [1.807, 2.05) is 18.4 Å². The van der Waals surface area contributed by atoms with Crippen molar-refractivity contribution in [1.82, 2.24) is 9.97 Å². The molecule has 2 aliphatic rings. The van der Waals surface area contributed by atoms with Gasteiger partial charge in [0.05, 0.1) is 6.54 Å². The number of rotatable bonds is 6. The lowest BCUT2D eigenvalue weighted by Gasteiger charge is -2.24. The Balaban J connectivity index is 1.66. The first-order valence-electron chi connectivity index (χ1n) is 7.69. The molecule has 0 radical (unpaired) electrons. The molecule has 2 aromatic heterocycles. The topological polar surface area (TPSA) is 41.0 Å². The fourth-order valence-electron chi connectivity index (χ4n) is 2.61. The van der Waals surface area contributed by atoms with Crippen molar-refractivity contribution in [2.24, 2.45) is 0 Å². The molecule has 5 heteroatoms. The minimum atomic E-state index is 0.583. The summed E-state index contributed by atoms with van der Waals surface area (Å²) in [4.78, 5) is 13.4. The number of hydrogen-bond donors (Lipinski definition) is 1. The van der Waals surface area contributed by atoms with Crippen LogP contribution in [-0.4, -0.2) is 23.1 Å². The molecule has 0 unspecified atom stereocenters. The summed E-state index contributed by atoms with van der Waals surface area (Å²) < 4.78 is 0. The summed E-state index contributed by atoms with van der Waals surface area (Å²) in [7, 11) is 1.93. The van der Waals surface area contributed by atoms with E-state index in [1.165, 1.54) is 30.6 Å². The Bertz CT molecular complexity index is 617. The van der Waals surface area contributed by atoms with Crippen LogP contribution in [0.4, 0.5) is 11.6 Å². The number of thiophene rings is 1. The fraction of sp³-hybridized carbons (Fsp3) is 0.500. The van der Waals surface area contributed by atoms with Gasteiger partial charge in [-0.05, 0) is 37.1 Å².